The summed E-state index contributed by atoms with van der Waals surface area (Å²) in [5, 5.41) is 13.1. The van der Waals surface area contributed by atoms with Gasteiger partial charge >= 0.3 is 5.63 Å². The molecule has 0 fully saturated rings. The van der Waals surface area contributed by atoms with E-state index in [-0.39, 0.29) is 18.1 Å². The summed E-state index contributed by atoms with van der Waals surface area (Å²) in [5.74, 6) is 1.22. The number of hydrogen-bond donors (Lipinski definition) is 1. The first-order valence-corrected chi connectivity index (χ1v) is 9.21. The molecule has 5 rings (SSSR count). The number of thiazole rings is 1. The second-order valence-electron chi connectivity index (χ2n) is 5.99. The number of aromatic hydroxyl groups is 1. The number of para-hydroxylation sites is 1. The Morgan fingerprint density at radius 1 is 1.14 bits per heavy atom. The van der Waals surface area contributed by atoms with Gasteiger partial charge < -0.3 is 19.0 Å². The summed E-state index contributed by atoms with van der Waals surface area (Å²) < 4.78 is 15.9. The minimum absolute atomic E-state index is 0.0153. The van der Waals surface area contributed by atoms with Crippen LogP contribution in [0.3, 0.4) is 0 Å². The van der Waals surface area contributed by atoms with Crippen molar-refractivity contribution in [1.29, 1.82) is 0 Å². The first-order chi connectivity index (χ1) is 13.7. The minimum atomic E-state index is -0.660. The third-order valence-electron chi connectivity index (χ3n) is 4.28. The highest BCUT2D eigenvalue weighted by molar-refractivity contribution is 7.13. The van der Waals surface area contributed by atoms with Crippen molar-refractivity contribution >= 4 is 33.7 Å². The van der Waals surface area contributed by atoms with Gasteiger partial charge in [-0.2, -0.15) is 0 Å². The van der Waals surface area contributed by atoms with Crippen LogP contribution < -0.4 is 15.1 Å². The number of nitrogens with zero attached hydrogens (tertiary/aromatic N) is 2. The molecule has 0 saturated carbocycles. The molecule has 4 aromatic rings. The van der Waals surface area contributed by atoms with E-state index in [1.807, 2.05) is 23.6 Å². The molecule has 7 nitrogen and oxygen atoms in total. The van der Waals surface area contributed by atoms with Crippen molar-refractivity contribution in [3.05, 3.63) is 63.8 Å². The number of fused-ring (bicyclic) bond motifs is 2. The highest BCUT2D eigenvalue weighted by atomic mass is 32.1. The van der Waals surface area contributed by atoms with Crippen LogP contribution in [0.4, 0.5) is 5.13 Å². The molecule has 0 amide bonds. The molecule has 0 aliphatic carbocycles. The van der Waals surface area contributed by atoms with Gasteiger partial charge in [-0.05, 0) is 30.3 Å². The van der Waals surface area contributed by atoms with Crippen LogP contribution in [-0.2, 0) is 0 Å². The average molecular weight is 392 g/mol. The van der Waals surface area contributed by atoms with Crippen LogP contribution in [0.2, 0.25) is 0 Å². The van der Waals surface area contributed by atoms with Crippen LogP contribution in [0.5, 0.6) is 17.2 Å². The Bertz CT molecular complexity index is 1290. The van der Waals surface area contributed by atoms with Gasteiger partial charge in [-0.25, -0.2) is 14.8 Å². The molecule has 8 heteroatoms. The van der Waals surface area contributed by atoms with E-state index in [1.54, 1.807) is 24.3 Å². The van der Waals surface area contributed by atoms with Gasteiger partial charge in [0.15, 0.2) is 11.5 Å². The molecule has 0 saturated heterocycles. The zero-order chi connectivity index (χ0) is 19.1. The molecule has 0 atom stereocenters. The molecule has 1 N–H and O–H groups in total. The van der Waals surface area contributed by atoms with Gasteiger partial charge in [0.2, 0.25) is 11.9 Å². The zero-order valence-corrected chi connectivity index (χ0v) is 15.1. The fraction of sp³-hybridized carbons (Fsp3) is 0.0500. The topological polar surface area (TPSA) is 94.2 Å². The second-order valence-corrected chi connectivity index (χ2v) is 6.83. The lowest BCUT2D eigenvalue weighted by Crippen LogP contribution is -2.06. The van der Waals surface area contributed by atoms with E-state index in [9.17, 15) is 9.90 Å². The lowest BCUT2D eigenvalue weighted by Gasteiger charge is -2.01. The lowest BCUT2D eigenvalue weighted by molar-refractivity contribution is 0.174. The summed E-state index contributed by atoms with van der Waals surface area (Å²) in [4.78, 5) is 20.8. The molecular weight excluding hydrogens is 380 g/mol. The Labute approximate surface area is 162 Å². The van der Waals surface area contributed by atoms with Crippen molar-refractivity contribution in [3.8, 4) is 28.5 Å². The summed E-state index contributed by atoms with van der Waals surface area (Å²) in [6.45, 7) is 0.212. The second kappa shape index (κ2) is 6.50. The van der Waals surface area contributed by atoms with Gasteiger partial charge in [0, 0.05) is 17.2 Å². The quantitative estimate of drug-likeness (QED) is 0.417. The number of rotatable bonds is 3. The third kappa shape index (κ3) is 2.80. The van der Waals surface area contributed by atoms with Crippen LogP contribution in [0, 0.1) is 0 Å². The van der Waals surface area contributed by atoms with E-state index in [0.29, 0.717) is 27.6 Å². The summed E-state index contributed by atoms with van der Waals surface area (Å²) in [6, 6.07) is 12.3. The molecule has 1 aliphatic heterocycles. The molecule has 0 bridgehead atoms. The van der Waals surface area contributed by atoms with Crippen molar-refractivity contribution in [2.45, 2.75) is 0 Å². The fourth-order valence-corrected chi connectivity index (χ4v) is 3.56. The van der Waals surface area contributed by atoms with E-state index >= 15 is 0 Å². The molecule has 0 radical (unpaired) electrons. The largest absolute Gasteiger partial charge is 0.506 e. The summed E-state index contributed by atoms with van der Waals surface area (Å²) in [5.41, 5.74) is 1.24. The first kappa shape index (κ1) is 16.5. The van der Waals surface area contributed by atoms with Gasteiger partial charge in [-0.3, -0.25) is 0 Å². The normalized spacial score (nSPS) is 12.9. The molecule has 2 aromatic carbocycles. The lowest BCUT2D eigenvalue weighted by atomic mass is 10.1. The average Bonchev–Trinajstić information content (AvgIpc) is 3.36. The first-order valence-electron chi connectivity index (χ1n) is 8.33. The zero-order valence-electron chi connectivity index (χ0n) is 14.3. The van der Waals surface area contributed by atoms with E-state index in [1.165, 1.54) is 17.6 Å². The van der Waals surface area contributed by atoms with Crippen molar-refractivity contribution in [3.63, 3.8) is 0 Å². The predicted molar refractivity (Wildman–Crippen MR) is 105 cm³/mol. The Hall–Kier alpha value is -3.65. The smallest absolute Gasteiger partial charge is 0.348 e. The molecular formula is C20H12N2O5S. The molecule has 28 heavy (non-hydrogen) atoms. The predicted octanol–water partition coefficient (Wildman–Crippen LogP) is 4.10. The molecule has 1 aliphatic rings. The molecule has 0 unspecified atom stereocenters. The van der Waals surface area contributed by atoms with E-state index < -0.39 is 5.63 Å². The van der Waals surface area contributed by atoms with Crippen LogP contribution in [0.25, 0.3) is 22.2 Å². The molecule has 0 spiro atoms. The maximum absolute atomic E-state index is 12.1. The van der Waals surface area contributed by atoms with Crippen molar-refractivity contribution in [1.82, 2.24) is 4.98 Å². The van der Waals surface area contributed by atoms with Crippen LogP contribution >= 0.6 is 11.3 Å². The Kier molecular flexibility index (Phi) is 3.84. The maximum Gasteiger partial charge on any atom is 0.348 e. The number of aromatic nitrogens is 1. The molecule has 2 aromatic heterocycles. The van der Waals surface area contributed by atoms with Gasteiger partial charge in [-0.15, -0.1) is 11.3 Å². The van der Waals surface area contributed by atoms with E-state index in [4.69, 9.17) is 13.9 Å². The Morgan fingerprint density at radius 2 is 2.00 bits per heavy atom. The monoisotopic (exact) mass is 392 g/mol. The van der Waals surface area contributed by atoms with Crippen LogP contribution in [-0.4, -0.2) is 23.1 Å². The highest BCUT2D eigenvalue weighted by Crippen LogP contribution is 2.37. The van der Waals surface area contributed by atoms with Crippen molar-refractivity contribution < 1.29 is 19.0 Å². The molecule has 138 valence electrons. The van der Waals surface area contributed by atoms with Gasteiger partial charge in [-0.1, -0.05) is 12.1 Å². The molecule has 3 heterocycles. The summed E-state index contributed by atoms with van der Waals surface area (Å²) in [6.07, 6.45) is 1.27. The maximum atomic E-state index is 12.1. The van der Waals surface area contributed by atoms with Crippen molar-refractivity contribution in [2.75, 3.05) is 6.79 Å². The SMILES string of the molecule is O=c1oc2ccccc2c(O)c1/C=N/c1nc(-c2ccc3c(c2)OCO3)cs1. The number of benzene rings is 2. The van der Waals surface area contributed by atoms with E-state index in [0.717, 1.165) is 11.3 Å². The van der Waals surface area contributed by atoms with Crippen LogP contribution in [0.15, 0.2) is 62.0 Å². The Morgan fingerprint density at radius 3 is 2.93 bits per heavy atom. The minimum Gasteiger partial charge on any atom is -0.506 e. The number of hydrogen-bond acceptors (Lipinski definition) is 8. The standard InChI is InChI=1S/C20H12N2O5S/c23-18-12-3-1-2-4-15(12)27-19(24)13(18)8-21-20-22-14(9-28-20)11-5-6-16-17(7-11)26-10-25-16/h1-9,23H,10H2/b21-8+. The number of aliphatic imine (C=N–C) groups is 1. The third-order valence-corrected chi connectivity index (χ3v) is 5.03. The summed E-state index contributed by atoms with van der Waals surface area (Å²) >= 11 is 1.32. The van der Waals surface area contributed by atoms with Crippen LogP contribution in [0.1, 0.15) is 5.56 Å². The van der Waals surface area contributed by atoms with E-state index in [2.05, 4.69) is 9.98 Å². The Balaban J connectivity index is 1.47. The van der Waals surface area contributed by atoms with Crippen molar-refractivity contribution in [2.24, 2.45) is 4.99 Å². The number of ether oxygens (including phenoxy) is 2. The van der Waals surface area contributed by atoms with Gasteiger partial charge in [0.25, 0.3) is 0 Å². The highest BCUT2D eigenvalue weighted by Gasteiger charge is 2.15. The summed E-state index contributed by atoms with van der Waals surface area (Å²) in [7, 11) is 0. The van der Waals surface area contributed by atoms with Gasteiger partial charge in [0.1, 0.15) is 16.9 Å². The fourth-order valence-electron chi connectivity index (χ4n) is 2.89. The van der Waals surface area contributed by atoms with Gasteiger partial charge in [0.05, 0.1) is 11.1 Å².